The van der Waals surface area contributed by atoms with Crippen molar-refractivity contribution in [1.82, 2.24) is 9.88 Å². The number of allylic oxidation sites excluding steroid dienone is 4. The summed E-state index contributed by atoms with van der Waals surface area (Å²) in [6, 6.07) is 3.30. The van der Waals surface area contributed by atoms with Gasteiger partial charge in [-0.05, 0) is 72.9 Å². The van der Waals surface area contributed by atoms with Gasteiger partial charge in [0.1, 0.15) is 5.82 Å². The second-order valence-corrected chi connectivity index (χ2v) is 8.22. The van der Waals surface area contributed by atoms with Crippen LogP contribution >= 0.6 is 0 Å². The lowest BCUT2D eigenvalue weighted by molar-refractivity contribution is 0.500. The zero-order valence-corrected chi connectivity index (χ0v) is 15.4. The van der Waals surface area contributed by atoms with E-state index < -0.39 is 0 Å². The van der Waals surface area contributed by atoms with E-state index in [-0.39, 0.29) is 5.82 Å². The highest BCUT2D eigenvalue weighted by Gasteiger charge is 2.36. The molecule has 6 rings (SSSR count). The van der Waals surface area contributed by atoms with Crippen LogP contribution in [0.4, 0.5) is 4.39 Å². The fourth-order valence-corrected chi connectivity index (χ4v) is 5.36. The van der Waals surface area contributed by atoms with Crippen molar-refractivity contribution in [1.29, 1.82) is 0 Å². The zero-order valence-electron chi connectivity index (χ0n) is 15.4. The number of fused-ring (bicyclic) bond motifs is 4. The average molecular weight is 356 g/mol. The van der Waals surface area contributed by atoms with Crippen molar-refractivity contribution in [3.63, 3.8) is 0 Å². The van der Waals surface area contributed by atoms with Crippen LogP contribution in [0.25, 0.3) is 16.6 Å². The number of aryl methyl sites for hydroxylation is 2. The summed E-state index contributed by atoms with van der Waals surface area (Å²) in [5, 5.41) is 1.19. The van der Waals surface area contributed by atoms with E-state index >= 15 is 0 Å². The van der Waals surface area contributed by atoms with Crippen molar-refractivity contribution >= 4 is 16.6 Å². The number of rotatable bonds is 0. The van der Waals surface area contributed by atoms with Crippen molar-refractivity contribution in [2.75, 3.05) is 0 Å². The lowest BCUT2D eigenvalue weighted by Crippen LogP contribution is -2.22. The van der Waals surface area contributed by atoms with Gasteiger partial charge >= 0.3 is 0 Å². The van der Waals surface area contributed by atoms with E-state index in [9.17, 15) is 4.39 Å². The van der Waals surface area contributed by atoms with Gasteiger partial charge in [-0.1, -0.05) is 18.7 Å². The number of aromatic nitrogens is 1. The summed E-state index contributed by atoms with van der Waals surface area (Å²) in [7, 11) is 0. The molecular formula is C24H21FN2. The molecule has 0 atom stereocenters. The van der Waals surface area contributed by atoms with Crippen LogP contribution in [0.1, 0.15) is 48.1 Å². The molecule has 0 amide bonds. The smallest absolute Gasteiger partial charge is 0.125 e. The third-order valence-corrected chi connectivity index (χ3v) is 6.61. The van der Waals surface area contributed by atoms with E-state index in [1.165, 1.54) is 33.2 Å². The Kier molecular flexibility index (Phi) is 2.96. The van der Waals surface area contributed by atoms with E-state index in [4.69, 9.17) is 4.98 Å². The van der Waals surface area contributed by atoms with Gasteiger partial charge in [-0.2, -0.15) is 0 Å². The van der Waals surface area contributed by atoms with Gasteiger partial charge in [-0.15, -0.1) is 0 Å². The Bertz CT molecular complexity index is 1150. The maximum atomic E-state index is 14.2. The molecule has 1 aromatic carbocycles. The molecule has 2 aromatic rings. The van der Waals surface area contributed by atoms with E-state index in [0.29, 0.717) is 0 Å². The van der Waals surface area contributed by atoms with Crippen molar-refractivity contribution < 1.29 is 4.39 Å². The maximum absolute atomic E-state index is 14.2. The Hall–Kier alpha value is -2.68. The van der Waals surface area contributed by atoms with Gasteiger partial charge < -0.3 is 4.90 Å². The van der Waals surface area contributed by atoms with Crippen molar-refractivity contribution in [2.45, 2.75) is 45.1 Å². The van der Waals surface area contributed by atoms with Crippen LogP contribution < -0.4 is 0 Å². The molecule has 0 radical (unpaired) electrons. The summed E-state index contributed by atoms with van der Waals surface area (Å²) in [6.45, 7) is 9.46. The standard InChI is InChI=1S/C24H21FN2/c1-13-6-7-18-14(2)27-12-20-19-5-3-4-15-9-17(25)11-21(23(15)19)26-24(20)22(27)10-16(18)8-13/h9-11H,1-8,12H2. The third-order valence-electron chi connectivity index (χ3n) is 6.61. The first kappa shape index (κ1) is 15.4. The topological polar surface area (TPSA) is 16.1 Å². The number of benzene rings is 1. The second kappa shape index (κ2) is 5.19. The van der Waals surface area contributed by atoms with Crippen molar-refractivity contribution in [3.8, 4) is 0 Å². The van der Waals surface area contributed by atoms with Crippen molar-refractivity contribution in [2.24, 2.45) is 0 Å². The van der Waals surface area contributed by atoms with Gasteiger partial charge in [0.05, 0.1) is 23.5 Å². The number of pyridine rings is 1. The van der Waals surface area contributed by atoms with E-state index in [2.05, 4.69) is 24.1 Å². The van der Waals surface area contributed by atoms with Gasteiger partial charge in [0, 0.05) is 22.7 Å². The number of nitrogens with zero attached hydrogens (tertiary/aromatic N) is 2. The van der Waals surface area contributed by atoms with Crippen LogP contribution in [0.3, 0.4) is 0 Å². The summed E-state index contributed by atoms with van der Waals surface area (Å²) in [6.07, 6.45) is 8.38. The third kappa shape index (κ3) is 2.03. The number of hydrogen-bond donors (Lipinski definition) is 0. The van der Waals surface area contributed by atoms with Gasteiger partial charge in [-0.3, -0.25) is 0 Å². The summed E-state index contributed by atoms with van der Waals surface area (Å²) in [4.78, 5) is 7.28. The molecule has 27 heavy (non-hydrogen) atoms. The minimum Gasteiger partial charge on any atom is -0.335 e. The van der Waals surface area contributed by atoms with E-state index in [1.54, 1.807) is 12.1 Å². The van der Waals surface area contributed by atoms with Crippen LogP contribution in [-0.2, 0) is 19.4 Å². The zero-order chi connectivity index (χ0) is 18.3. The Morgan fingerprint density at radius 3 is 2.81 bits per heavy atom. The first-order chi connectivity index (χ1) is 13.1. The molecule has 2 nitrogen and oxygen atoms in total. The maximum Gasteiger partial charge on any atom is 0.125 e. The van der Waals surface area contributed by atoms with Gasteiger partial charge in [0.25, 0.3) is 0 Å². The summed E-state index contributed by atoms with van der Waals surface area (Å²) in [5.41, 5.74) is 11.9. The normalized spacial score (nSPS) is 20.6. The Balaban J connectivity index is 1.61. The molecule has 0 unspecified atom stereocenters. The highest BCUT2D eigenvalue weighted by Crippen LogP contribution is 2.48. The molecule has 0 fully saturated rings. The Morgan fingerprint density at radius 2 is 1.93 bits per heavy atom. The van der Waals surface area contributed by atoms with Crippen LogP contribution in [-0.4, -0.2) is 9.88 Å². The van der Waals surface area contributed by atoms with Gasteiger partial charge in [0.2, 0.25) is 0 Å². The van der Waals surface area contributed by atoms with Crippen molar-refractivity contribution in [3.05, 3.63) is 82.0 Å². The molecule has 0 saturated heterocycles. The molecule has 2 aliphatic heterocycles. The molecule has 0 bridgehead atoms. The average Bonchev–Trinajstić information content (AvgIpc) is 3.01. The molecule has 0 spiro atoms. The molecule has 3 heterocycles. The minimum atomic E-state index is -0.178. The van der Waals surface area contributed by atoms with E-state index in [1.807, 2.05) is 0 Å². The fraction of sp³-hybridized carbons (Fsp3) is 0.292. The monoisotopic (exact) mass is 356 g/mol. The highest BCUT2D eigenvalue weighted by atomic mass is 19.1. The van der Waals surface area contributed by atoms with Gasteiger partial charge in [0.15, 0.2) is 0 Å². The van der Waals surface area contributed by atoms with Crippen LogP contribution in [0, 0.1) is 5.82 Å². The first-order valence-electron chi connectivity index (χ1n) is 9.81. The minimum absolute atomic E-state index is 0.178. The molecule has 134 valence electrons. The van der Waals surface area contributed by atoms with Crippen LogP contribution in [0.5, 0.6) is 0 Å². The van der Waals surface area contributed by atoms with Crippen LogP contribution in [0.2, 0.25) is 0 Å². The van der Waals surface area contributed by atoms with E-state index in [0.717, 1.165) is 73.2 Å². The summed E-state index contributed by atoms with van der Waals surface area (Å²) >= 11 is 0. The molecule has 0 saturated carbocycles. The van der Waals surface area contributed by atoms with Gasteiger partial charge in [-0.25, -0.2) is 9.37 Å². The summed E-state index contributed by atoms with van der Waals surface area (Å²) in [5.74, 6) is -0.178. The SMILES string of the molecule is C=C1CCC2=C(C=C3c4nc5cc(F)cc6c5c(c4CN3C2=C)CCC6)C1. The second-order valence-electron chi connectivity index (χ2n) is 8.22. The molecule has 3 heteroatoms. The lowest BCUT2D eigenvalue weighted by atomic mass is 9.84. The Morgan fingerprint density at radius 1 is 1.04 bits per heavy atom. The molecule has 2 aliphatic carbocycles. The molecule has 4 aliphatic rings. The largest absolute Gasteiger partial charge is 0.335 e. The lowest BCUT2D eigenvalue weighted by Gasteiger charge is -2.33. The summed E-state index contributed by atoms with van der Waals surface area (Å²) < 4.78 is 14.2. The molecular weight excluding hydrogens is 335 g/mol. The molecule has 0 N–H and O–H groups in total. The highest BCUT2D eigenvalue weighted by molar-refractivity contribution is 5.91. The fourth-order valence-electron chi connectivity index (χ4n) is 5.36. The number of hydrogen-bond acceptors (Lipinski definition) is 2. The first-order valence-corrected chi connectivity index (χ1v) is 9.81. The predicted molar refractivity (Wildman–Crippen MR) is 106 cm³/mol. The Labute approximate surface area is 158 Å². The van der Waals surface area contributed by atoms with Crippen LogP contribution in [0.15, 0.2) is 53.8 Å². The predicted octanol–water partition coefficient (Wildman–Crippen LogP) is 5.58. The number of halogens is 1. The molecule has 1 aromatic heterocycles. The quantitative estimate of drug-likeness (QED) is 0.573.